The van der Waals surface area contributed by atoms with Gasteiger partial charge in [0, 0.05) is 5.69 Å². The summed E-state index contributed by atoms with van der Waals surface area (Å²) in [4.78, 5) is 3.88. The molecule has 0 spiro atoms. The van der Waals surface area contributed by atoms with Crippen LogP contribution in [0.15, 0.2) is 42.0 Å². The topological polar surface area (TPSA) is 12.0 Å². The zero-order chi connectivity index (χ0) is 15.9. The number of hydrogen-bond acceptors (Lipinski definition) is 1. The summed E-state index contributed by atoms with van der Waals surface area (Å²) in [5.74, 6) is 0. The highest BCUT2D eigenvalue weighted by atomic mass is 28.3. The first-order valence-electron chi connectivity index (χ1n) is 8.01. The summed E-state index contributed by atoms with van der Waals surface area (Å²) >= 11 is 0. The zero-order valence-corrected chi connectivity index (χ0v) is 15.2. The van der Waals surface area contributed by atoms with Crippen LogP contribution in [-0.2, 0) is 6.42 Å². The first-order chi connectivity index (χ1) is 10.3. The van der Waals surface area contributed by atoms with E-state index >= 15 is 0 Å². The lowest BCUT2D eigenvalue weighted by atomic mass is 10.1. The molecule has 0 amide bonds. The van der Waals surface area contributed by atoms with E-state index < -0.39 is 8.24 Å². The second kappa shape index (κ2) is 5.44. The normalized spacial score (nSPS) is 13.8. The maximum Gasteiger partial charge on any atom is 0.179 e. The molecule has 2 aromatic rings. The average Bonchev–Trinajstić information content (AvgIpc) is 2.76. The molecule has 3 rings (SSSR count). The van der Waals surface area contributed by atoms with Gasteiger partial charge in [0.2, 0.25) is 0 Å². The number of fused-ring (bicyclic) bond motifs is 1. The van der Waals surface area contributed by atoms with Crippen LogP contribution in [0.1, 0.15) is 29.2 Å². The molecule has 2 heteroatoms. The molecule has 0 aromatic heterocycles. The minimum absolute atomic E-state index is 1.11. The molecule has 1 aliphatic carbocycles. The second-order valence-electron chi connectivity index (χ2n) is 7.17. The summed E-state index contributed by atoms with van der Waals surface area (Å²) < 4.78 is 0. The zero-order valence-electron chi connectivity index (χ0n) is 14.2. The van der Waals surface area contributed by atoms with E-state index in [2.05, 4.69) is 81.3 Å². The number of anilines is 1. The van der Waals surface area contributed by atoms with Gasteiger partial charge in [0.1, 0.15) is 0 Å². The van der Waals surface area contributed by atoms with Crippen molar-refractivity contribution in [3.05, 3.63) is 64.2 Å². The largest absolute Gasteiger partial charge is 0.407 e. The molecule has 0 saturated heterocycles. The molecule has 2 aromatic carbocycles. The number of rotatable bonds is 3. The molecule has 0 saturated carbocycles. The van der Waals surface area contributed by atoms with E-state index in [-0.39, 0.29) is 0 Å². The maximum absolute atomic E-state index is 3.88. The minimum Gasteiger partial charge on any atom is -0.407 e. The molecule has 0 fully saturated rings. The first kappa shape index (κ1) is 15.1. The van der Waals surface area contributed by atoms with Crippen molar-refractivity contribution in [2.24, 2.45) is 0 Å². The minimum atomic E-state index is -1.74. The van der Waals surface area contributed by atoms with Crippen molar-refractivity contribution in [1.29, 1.82) is 0 Å². The van der Waals surface area contributed by atoms with Gasteiger partial charge in [0.25, 0.3) is 0 Å². The molecular formula is C20H25NSi. The molecular weight excluding hydrogens is 282 g/mol. The smallest absolute Gasteiger partial charge is 0.179 e. The molecule has 0 atom stereocenters. The number of nitrogens with one attached hydrogen (secondary N) is 1. The van der Waals surface area contributed by atoms with Crippen molar-refractivity contribution in [3.8, 4) is 0 Å². The van der Waals surface area contributed by atoms with Gasteiger partial charge >= 0.3 is 0 Å². The van der Waals surface area contributed by atoms with E-state index in [4.69, 9.17) is 0 Å². The SMILES string of the molecule is CC1=Cc2cccc([Si](C)(C)Nc3cc(C)cc(C)c3)c2C1. The summed E-state index contributed by atoms with van der Waals surface area (Å²) in [5.41, 5.74) is 8.32. The van der Waals surface area contributed by atoms with Crippen LogP contribution in [0.5, 0.6) is 0 Å². The van der Waals surface area contributed by atoms with Crippen LogP contribution in [0.4, 0.5) is 5.69 Å². The standard InChI is InChI=1S/C20H25NSi/c1-14-9-15(2)12-18(11-14)21-22(4,5)20-8-6-7-17-10-16(3)13-19(17)20/h6-12,21H,13H2,1-5H3. The Hall–Kier alpha value is -1.80. The van der Waals surface area contributed by atoms with E-state index in [1.807, 2.05) is 0 Å². The van der Waals surface area contributed by atoms with Crippen LogP contribution in [-0.4, -0.2) is 8.24 Å². The number of aryl methyl sites for hydroxylation is 2. The highest BCUT2D eigenvalue weighted by Crippen LogP contribution is 2.26. The Labute approximate surface area is 135 Å². The van der Waals surface area contributed by atoms with E-state index in [9.17, 15) is 0 Å². The fraction of sp³-hybridized carbons (Fsp3) is 0.300. The monoisotopic (exact) mass is 307 g/mol. The van der Waals surface area contributed by atoms with Gasteiger partial charge < -0.3 is 4.98 Å². The molecule has 0 aliphatic heterocycles. The van der Waals surface area contributed by atoms with Crippen LogP contribution in [0.3, 0.4) is 0 Å². The molecule has 1 nitrogen and oxygen atoms in total. The van der Waals surface area contributed by atoms with Crippen LogP contribution in [0, 0.1) is 13.8 Å². The van der Waals surface area contributed by atoms with Crippen molar-refractivity contribution < 1.29 is 0 Å². The summed E-state index contributed by atoms with van der Waals surface area (Å²) in [6, 6.07) is 13.5. The molecule has 0 bridgehead atoms. The molecule has 0 unspecified atom stereocenters. The van der Waals surface area contributed by atoms with Crippen molar-refractivity contribution in [2.75, 3.05) is 4.98 Å². The van der Waals surface area contributed by atoms with Crippen LogP contribution >= 0.6 is 0 Å². The summed E-state index contributed by atoms with van der Waals surface area (Å²) in [7, 11) is -1.74. The molecule has 0 radical (unpaired) electrons. The third kappa shape index (κ3) is 2.88. The molecule has 22 heavy (non-hydrogen) atoms. The van der Waals surface area contributed by atoms with Crippen LogP contribution in [0.25, 0.3) is 6.08 Å². The number of allylic oxidation sites excluding steroid dienone is 1. The van der Waals surface area contributed by atoms with Crippen LogP contribution in [0.2, 0.25) is 13.1 Å². The summed E-state index contributed by atoms with van der Waals surface area (Å²) in [6.45, 7) is 11.4. The van der Waals surface area contributed by atoms with E-state index in [1.54, 1.807) is 0 Å². The lowest BCUT2D eigenvalue weighted by Gasteiger charge is -2.28. The second-order valence-corrected chi connectivity index (χ2v) is 11.2. The van der Waals surface area contributed by atoms with Gasteiger partial charge in [-0.25, -0.2) is 0 Å². The maximum atomic E-state index is 3.88. The first-order valence-corrected chi connectivity index (χ1v) is 11.0. The molecule has 114 valence electrons. The van der Waals surface area contributed by atoms with E-state index in [0.29, 0.717) is 0 Å². The van der Waals surface area contributed by atoms with Gasteiger partial charge in [-0.15, -0.1) is 0 Å². The quantitative estimate of drug-likeness (QED) is 0.804. The highest BCUT2D eigenvalue weighted by Gasteiger charge is 2.29. The van der Waals surface area contributed by atoms with Gasteiger partial charge in [0.05, 0.1) is 0 Å². The van der Waals surface area contributed by atoms with Gasteiger partial charge in [-0.1, -0.05) is 35.9 Å². The summed E-state index contributed by atoms with van der Waals surface area (Å²) in [5, 5.41) is 1.54. The van der Waals surface area contributed by atoms with E-state index in [0.717, 1.165) is 6.42 Å². The Morgan fingerprint density at radius 3 is 2.32 bits per heavy atom. The van der Waals surface area contributed by atoms with Crippen molar-refractivity contribution in [3.63, 3.8) is 0 Å². The predicted molar refractivity (Wildman–Crippen MR) is 100 cm³/mol. The third-order valence-corrected chi connectivity index (χ3v) is 7.15. The molecule has 0 heterocycles. The van der Waals surface area contributed by atoms with Gasteiger partial charge in [-0.05, 0) is 79.9 Å². The highest BCUT2D eigenvalue weighted by molar-refractivity contribution is 6.92. The Bertz CT molecular complexity index is 736. The van der Waals surface area contributed by atoms with Crippen molar-refractivity contribution in [1.82, 2.24) is 0 Å². The molecule has 1 N–H and O–H groups in total. The number of hydrogen-bond donors (Lipinski definition) is 1. The van der Waals surface area contributed by atoms with Gasteiger partial charge in [-0.2, -0.15) is 0 Å². The lowest BCUT2D eigenvalue weighted by Crippen LogP contribution is -2.51. The van der Waals surface area contributed by atoms with E-state index in [1.165, 1.54) is 38.7 Å². The van der Waals surface area contributed by atoms with Crippen molar-refractivity contribution in [2.45, 2.75) is 40.3 Å². The number of benzene rings is 2. The predicted octanol–water partition coefficient (Wildman–Crippen LogP) is 4.79. The van der Waals surface area contributed by atoms with Crippen LogP contribution < -0.4 is 10.2 Å². The summed E-state index contributed by atoms with van der Waals surface area (Å²) in [6.07, 6.45) is 3.44. The Balaban J connectivity index is 1.96. The lowest BCUT2D eigenvalue weighted by molar-refractivity contribution is 1.20. The fourth-order valence-corrected chi connectivity index (χ4v) is 6.09. The third-order valence-electron chi connectivity index (χ3n) is 4.42. The Morgan fingerprint density at radius 1 is 0.955 bits per heavy atom. The van der Waals surface area contributed by atoms with Gasteiger partial charge in [-0.3, -0.25) is 0 Å². The Kier molecular flexibility index (Phi) is 3.73. The van der Waals surface area contributed by atoms with Crippen molar-refractivity contribution >= 4 is 25.2 Å². The van der Waals surface area contributed by atoms with Gasteiger partial charge in [0.15, 0.2) is 8.24 Å². The molecule has 1 aliphatic rings. The fourth-order valence-electron chi connectivity index (χ4n) is 3.59. The average molecular weight is 308 g/mol. The Morgan fingerprint density at radius 2 is 1.64 bits per heavy atom.